The van der Waals surface area contributed by atoms with Crippen molar-refractivity contribution in [3.63, 3.8) is 0 Å². The number of ether oxygens (including phenoxy) is 1. The highest BCUT2D eigenvalue weighted by molar-refractivity contribution is 9.11. The van der Waals surface area contributed by atoms with E-state index in [1.165, 1.54) is 12.1 Å². The Kier molecular flexibility index (Phi) is 3.46. The Balaban J connectivity index is 3.09. The standard InChI is InChI=1S/C7H4Br2F2O/c8-4-1-5(11)7(9)6(2-4)12-3-10/h1-2H,3H2. The summed E-state index contributed by atoms with van der Waals surface area (Å²) in [6.45, 7) is -0.978. The molecule has 0 aromatic heterocycles. The lowest BCUT2D eigenvalue weighted by Crippen LogP contribution is -1.92. The molecule has 1 aromatic carbocycles. The molecule has 1 aromatic rings. The normalized spacial score (nSPS) is 10.0. The van der Waals surface area contributed by atoms with Gasteiger partial charge >= 0.3 is 0 Å². The lowest BCUT2D eigenvalue weighted by molar-refractivity contribution is 0.189. The third-order valence-electron chi connectivity index (χ3n) is 1.17. The van der Waals surface area contributed by atoms with Gasteiger partial charge in [0.2, 0.25) is 6.86 Å². The summed E-state index contributed by atoms with van der Waals surface area (Å²) >= 11 is 5.98. The fourth-order valence-corrected chi connectivity index (χ4v) is 1.45. The summed E-state index contributed by atoms with van der Waals surface area (Å²) in [5, 5.41) is 0. The average molecular weight is 302 g/mol. The van der Waals surface area contributed by atoms with Crippen LogP contribution in [0.5, 0.6) is 5.75 Å². The van der Waals surface area contributed by atoms with Gasteiger partial charge in [0.05, 0.1) is 4.47 Å². The van der Waals surface area contributed by atoms with E-state index in [1.807, 2.05) is 0 Å². The number of alkyl halides is 1. The summed E-state index contributed by atoms with van der Waals surface area (Å²) < 4.78 is 29.8. The molecule has 0 unspecified atom stereocenters. The second kappa shape index (κ2) is 4.18. The molecule has 66 valence electrons. The lowest BCUT2D eigenvalue weighted by atomic mass is 10.3. The molecule has 0 aliphatic heterocycles. The summed E-state index contributed by atoms with van der Waals surface area (Å²) in [5.41, 5.74) is 0. The van der Waals surface area contributed by atoms with E-state index in [0.29, 0.717) is 4.47 Å². The van der Waals surface area contributed by atoms with Crippen LogP contribution in [0.3, 0.4) is 0 Å². The molecule has 0 aliphatic rings. The van der Waals surface area contributed by atoms with Crippen LogP contribution in [0.4, 0.5) is 8.78 Å². The first-order valence-corrected chi connectivity index (χ1v) is 4.57. The van der Waals surface area contributed by atoms with Crippen LogP contribution < -0.4 is 4.74 Å². The van der Waals surface area contributed by atoms with Gasteiger partial charge in [0.1, 0.15) is 11.6 Å². The van der Waals surface area contributed by atoms with Crippen LogP contribution in [0.15, 0.2) is 21.1 Å². The van der Waals surface area contributed by atoms with Gasteiger partial charge in [-0.05, 0) is 28.1 Å². The molecule has 0 radical (unpaired) electrons. The quantitative estimate of drug-likeness (QED) is 0.758. The Morgan fingerprint density at radius 3 is 2.58 bits per heavy atom. The van der Waals surface area contributed by atoms with Gasteiger partial charge in [0, 0.05) is 4.47 Å². The highest BCUT2D eigenvalue weighted by atomic mass is 79.9. The summed E-state index contributed by atoms with van der Waals surface area (Å²) in [6.07, 6.45) is 0. The molecule has 0 saturated heterocycles. The SMILES string of the molecule is FCOc1cc(Br)cc(F)c1Br. The minimum atomic E-state index is -0.978. The van der Waals surface area contributed by atoms with Gasteiger partial charge in [-0.25, -0.2) is 8.78 Å². The third kappa shape index (κ3) is 2.17. The van der Waals surface area contributed by atoms with Gasteiger partial charge in [0.15, 0.2) is 0 Å². The van der Waals surface area contributed by atoms with Crippen molar-refractivity contribution >= 4 is 31.9 Å². The second-order valence-corrected chi connectivity index (χ2v) is 3.66. The topological polar surface area (TPSA) is 9.23 Å². The van der Waals surface area contributed by atoms with Gasteiger partial charge < -0.3 is 4.74 Å². The van der Waals surface area contributed by atoms with Crippen molar-refractivity contribution < 1.29 is 13.5 Å². The van der Waals surface area contributed by atoms with Gasteiger partial charge in [-0.2, -0.15) is 0 Å². The van der Waals surface area contributed by atoms with Gasteiger partial charge in [-0.3, -0.25) is 0 Å². The summed E-state index contributed by atoms with van der Waals surface area (Å²) in [5.74, 6) is -0.350. The van der Waals surface area contributed by atoms with Gasteiger partial charge in [-0.15, -0.1) is 0 Å². The van der Waals surface area contributed by atoms with Crippen LogP contribution in [-0.4, -0.2) is 6.86 Å². The van der Waals surface area contributed by atoms with Crippen LogP contribution >= 0.6 is 31.9 Å². The third-order valence-corrected chi connectivity index (χ3v) is 2.40. The zero-order valence-electron chi connectivity index (χ0n) is 5.78. The first kappa shape index (κ1) is 9.92. The highest BCUT2D eigenvalue weighted by Gasteiger charge is 2.08. The second-order valence-electron chi connectivity index (χ2n) is 1.95. The van der Waals surface area contributed by atoms with Crippen molar-refractivity contribution in [1.29, 1.82) is 0 Å². The maximum absolute atomic E-state index is 12.9. The van der Waals surface area contributed by atoms with E-state index >= 15 is 0 Å². The maximum Gasteiger partial charge on any atom is 0.228 e. The molecule has 0 fully saturated rings. The molecule has 0 N–H and O–H groups in total. The minimum Gasteiger partial charge on any atom is -0.462 e. The molecule has 0 saturated carbocycles. The van der Waals surface area contributed by atoms with Crippen molar-refractivity contribution in [2.75, 3.05) is 6.86 Å². The fraction of sp³-hybridized carbons (Fsp3) is 0.143. The zero-order chi connectivity index (χ0) is 9.14. The number of hydrogen-bond acceptors (Lipinski definition) is 1. The molecule has 0 heterocycles. The number of halogens is 4. The molecule has 12 heavy (non-hydrogen) atoms. The Morgan fingerprint density at radius 2 is 2.00 bits per heavy atom. The average Bonchev–Trinajstić information content (AvgIpc) is 2.00. The molecule has 0 amide bonds. The molecule has 0 atom stereocenters. The van der Waals surface area contributed by atoms with Crippen LogP contribution in [0, 0.1) is 5.82 Å². The van der Waals surface area contributed by atoms with E-state index in [4.69, 9.17) is 0 Å². The molecule has 1 rings (SSSR count). The number of benzene rings is 1. The van der Waals surface area contributed by atoms with Crippen molar-refractivity contribution in [1.82, 2.24) is 0 Å². The summed E-state index contributed by atoms with van der Waals surface area (Å²) in [7, 11) is 0. The molecule has 1 nitrogen and oxygen atoms in total. The number of rotatable bonds is 2. The van der Waals surface area contributed by atoms with Crippen molar-refractivity contribution in [2.45, 2.75) is 0 Å². The zero-order valence-corrected chi connectivity index (χ0v) is 8.95. The molecule has 0 spiro atoms. The Hall–Kier alpha value is -0.160. The van der Waals surface area contributed by atoms with E-state index in [-0.39, 0.29) is 10.2 Å². The fourth-order valence-electron chi connectivity index (χ4n) is 0.696. The highest BCUT2D eigenvalue weighted by Crippen LogP contribution is 2.31. The van der Waals surface area contributed by atoms with Crippen molar-refractivity contribution in [3.05, 3.63) is 26.9 Å². The molecule has 5 heteroatoms. The minimum absolute atomic E-state index is 0.128. The van der Waals surface area contributed by atoms with E-state index in [1.54, 1.807) is 0 Å². The predicted octanol–water partition coefficient (Wildman–Crippen LogP) is 3.66. The van der Waals surface area contributed by atoms with E-state index in [2.05, 4.69) is 36.6 Å². The van der Waals surface area contributed by atoms with E-state index < -0.39 is 12.7 Å². The van der Waals surface area contributed by atoms with Crippen molar-refractivity contribution in [3.8, 4) is 5.75 Å². The maximum atomic E-state index is 12.9. The van der Waals surface area contributed by atoms with Crippen LogP contribution in [-0.2, 0) is 0 Å². The first-order chi connectivity index (χ1) is 5.65. The molecule has 0 bridgehead atoms. The van der Waals surface area contributed by atoms with Gasteiger partial charge in [0.25, 0.3) is 0 Å². The van der Waals surface area contributed by atoms with Crippen LogP contribution in [0.25, 0.3) is 0 Å². The first-order valence-electron chi connectivity index (χ1n) is 2.98. The molecular formula is C7H4Br2F2O. The van der Waals surface area contributed by atoms with Crippen LogP contribution in [0.2, 0.25) is 0 Å². The lowest BCUT2D eigenvalue weighted by Gasteiger charge is -2.04. The largest absolute Gasteiger partial charge is 0.462 e. The summed E-state index contributed by atoms with van der Waals surface area (Å²) in [6, 6.07) is 2.74. The Bertz CT molecular complexity index is 291. The Labute approximate surface area is 85.0 Å². The van der Waals surface area contributed by atoms with Crippen molar-refractivity contribution in [2.24, 2.45) is 0 Å². The summed E-state index contributed by atoms with van der Waals surface area (Å²) in [4.78, 5) is 0. The van der Waals surface area contributed by atoms with Gasteiger partial charge in [-0.1, -0.05) is 15.9 Å². The smallest absolute Gasteiger partial charge is 0.228 e. The predicted molar refractivity (Wildman–Crippen MR) is 48.4 cm³/mol. The van der Waals surface area contributed by atoms with Crippen LogP contribution in [0.1, 0.15) is 0 Å². The van der Waals surface area contributed by atoms with E-state index in [0.717, 1.165) is 0 Å². The molecule has 0 aliphatic carbocycles. The molecular weight excluding hydrogens is 298 g/mol. The van der Waals surface area contributed by atoms with E-state index in [9.17, 15) is 8.78 Å². The Morgan fingerprint density at radius 1 is 1.33 bits per heavy atom. The monoisotopic (exact) mass is 300 g/mol. The number of hydrogen-bond donors (Lipinski definition) is 0.